The van der Waals surface area contributed by atoms with E-state index in [1.54, 1.807) is 0 Å². The maximum absolute atomic E-state index is 13.8. The Morgan fingerprint density at radius 2 is 0.983 bits per heavy atom. The van der Waals surface area contributed by atoms with Crippen molar-refractivity contribution in [2.45, 2.75) is 77.4 Å². The van der Waals surface area contributed by atoms with Crippen LogP contribution in [-0.4, -0.2) is 51.6 Å². The van der Waals surface area contributed by atoms with Gasteiger partial charge in [0.1, 0.15) is 0 Å². The zero-order valence-corrected chi connectivity index (χ0v) is 35.7. The molecule has 2 atom stereocenters. The van der Waals surface area contributed by atoms with Crippen molar-refractivity contribution in [2.24, 2.45) is 0 Å². The van der Waals surface area contributed by atoms with Gasteiger partial charge in [-0.1, -0.05) is 48.2 Å². The minimum Gasteiger partial charge on any atom is -0.376 e. The maximum Gasteiger partial charge on any atom is 4.00 e. The van der Waals surface area contributed by atoms with Crippen molar-refractivity contribution in [3.8, 4) is 0 Å². The van der Waals surface area contributed by atoms with E-state index in [9.17, 15) is 17.6 Å². The van der Waals surface area contributed by atoms with Gasteiger partial charge in [0, 0.05) is 74.0 Å². The summed E-state index contributed by atoms with van der Waals surface area (Å²) in [6.07, 6.45) is 25.7. The molecule has 59 heavy (non-hydrogen) atoms. The number of nitrogens with zero attached hydrogens (tertiary/aromatic N) is 2. The van der Waals surface area contributed by atoms with Gasteiger partial charge >= 0.3 is 21.7 Å². The van der Waals surface area contributed by atoms with E-state index in [4.69, 9.17) is 9.47 Å². The number of benzene rings is 4. The summed E-state index contributed by atoms with van der Waals surface area (Å²) in [5.74, 6) is -2.52. The molecule has 2 fully saturated rings. The molecule has 4 aromatic carbocycles. The molecule has 2 unspecified atom stereocenters. The third kappa shape index (κ3) is 17.1. The van der Waals surface area contributed by atoms with E-state index >= 15 is 0 Å². The second-order valence-corrected chi connectivity index (χ2v) is 14.6. The van der Waals surface area contributed by atoms with E-state index in [0.29, 0.717) is 37.1 Å². The zero-order valence-electron chi connectivity index (χ0n) is 34.2. The van der Waals surface area contributed by atoms with Gasteiger partial charge in [-0.25, -0.2) is 41.9 Å². The third-order valence-electron chi connectivity index (χ3n) is 10.1. The normalized spacial score (nSPS) is 17.0. The van der Waals surface area contributed by atoms with Crippen molar-refractivity contribution < 1.29 is 48.8 Å². The standard InChI is InChI=1S/2C20H22F2NO.2C5H5.Ti/c2*1-15-4-8-18(9-5-15)23(14-19-3-2-12-24-19)11-10-16-6-7-17(21)13-20(16)22;2*1-2-4-5-3-1;/h2*4-9,19H,2-3,10-12,14H2,1H3;2*1-3H,4H2;/q4*-1;+4. The number of anilines is 2. The summed E-state index contributed by atoms with van der Waals surface area (Å²) >= 11 is 0. The molecular formula is C50H54F4N2O2Ti. The summed E-state index contributed by atoms with van der Waals surface area (Å²) in [7, 11) is 0. The second kappa shape index (κ2) is 26.1. The molecule has 0 bridgehead atoms. The molecule has 0 saturated carbocycles. The SMILES string of the molecule is Cc1ccc(N(CCc2ccc(F)[c-]c2F)CC2CCCO2)cc1.Cc1ccc(N(CCc2ccc(F)[c-]c2F)CC2CCCO2)cc1.[C-]1=CC=CC1.[C-]1=CC=CC1.[Ti+4]. The minimum atomic E-state index is -0.661. The Bertz CT molecular complexity index is 1770. The van der Waals surface area contributed by atoms with Gasteiger partial charge in [0.15, 0.2) is 0 Å². The molecule has 8 rings (SSSR count). The van der Waals surface area contributed by atoms with Crippen LogP contribution in [0, 0.1) is 61.4 Å². The van der Waals surface area contributed by atoms with Crippen LogP contribution in [0.3, 0.4) is 0 Å². The van der Waals surface area contributed by atoms with Gasteiger partial charge in [-0.2, -0.15) is 24.3 Å². The smallest absolute Gasteiger partial charge is 0.376 e. The van der Waals surface area contributed by atoms with Crippen molar-refractivity contribution in [1.29, 1.82) is 0 Å². The molecule has 2 heterocycles. The Morgan fingerprint density at radius 1 is 0.576 bits per heavy atom. The summed E-state index contributed by atoms with van der Waals surface area (Å²) < 4.78 is 65.1. The van der Waals surface area contributed by atoms with E-state index in [0.717, 1.165) is 76.2 Å². The molecule has 4 aromatic rings. The van der Waals surface area contributed by atoms with Gasteiger partial charge < -0.3 is 19.3 Å². The first-order valence-corrected chi connectivity index (χ1v) is 20.3. The molecular weight excluding hydrogens is 784 g/mol. The van der Waals surface area contributed by atoms with Gasteiger partial charge in [0.25, 0.3) is 0 Å². The summed E-state index contributed by atoms with van der Waals surface area (Å²) in [6, 6.07) is 26.3. The van der Waals surface area contributed by atoms with Crippen LogP contribution in [0.25, 0.3) is 0 Å². The fourth-order valence-corrected chi connectivity index (χ4v) is 6.76. The monoisotopic (exact) mass is 838 g/mol. The molecule has 308 valence electrons. The average Bonchev–Trinajstić information content (AvgIpc) is 4.08. The summed E-state index contributed by atoms with van der Waals surface area (Å²) in [6.45, 7) is 8.61. The molecule has 2 saturated heterocycles. The fraction of sp³-hybridized carbons (Fsp3) is 0.360. The number of hydrogen-bond acceptors (Lipinski definition) is 4. The Hall–Kier alpha value is -4.21. The van der Waals surface area contributed by atoms with Crippen LogP contribution >= 0.6 is 0 Å². The number of allylic oxidation sites excluding steroid dienone is 8. The van der Waals surface area contributed by atoms with Crippen molar-refractivity contribution in [1.82, 2.24) is 0 Å². The summed E-state index contributed by atoms with van der Waals surface area (Å²) in [5, 5.41) is 0. The van der Waals surface area contributed by atoms with Crippen molar-refractivity contribution >= 4 is 11.4 Å². The fourth-order valence-electron chi connectivity index (χ4n) is 6.76. The van der Waals surface area contributed by atoms with E-state index in [1.165, 1.54) is 35.4 Å². The Kier molecular flexibility index (Phi) is 21.0. The van der Waals surface area contributed by atoms with Crippen molar-refractivity contribution in [2.75, 3.05) is 49.2 Å². The van der Waals surface area contributed by atoms with Gasteiger partial charge in [-0.05, 0) is 63.8 Å². The molecule has 0 spiro atoms. The first-order valence-electron chi connectivity index (χ1n) is 20.3. The number of hydrogen-bond donors (Lipinski definition) is 0. The van der Waals surface area contributed by atoms with Gasteiger partial charge in [0.2, 0.25) is 0 Å². The molecule has 9 heteroatoms. The molecule has 0 radical (unpaired) electrons. The molecule has 2 aliphatic carbocycles. The number of aryl methyl sites for hydroxylation is 2. The molecule has 2 aliphatic heterocycles. The van der Waals surface area contributed by atoms with E-state index in [2.05, 4.69) is 109 Å². The van der Waals surface area contributed by atoms with Crippen LogP contribution in [0.5, 0.6) is 0 Å². The predicted molar refractivity (Wildman–Crippen MR) is 226 cm³/mol. The second-order valence-electron chi connectivity index (χ2n) is 14.6. The van der Waals surface area contributed by atoms with Gasteiger partial charge in [-0.3, -0.25) is 12.2 Å². The Labute approximate surface area is 364 Å². The van der Waals surface area contributed by atoms with Crippen LogP contribution < -0.4 is 9.80 Å². The van der Waals surface area contributed by atoms with Crippen molar-refractivity contribution in [3.63, 3.8) is 0 Å². The number of halogens is 4. The van der Waals surface area contributed by atoms with Crippen LogP contribution in [0.4, 0.5) is 28.9 Å². The van der Waals surface area contributed by atoms with Crippen LogP contribution in [-0.2, 0) is 44.0 Å². The molecule has 4 nitrogen and oxygen atoms in total. The zero-order chi connectivity index (χ0) is 41.0. The summed E-state index contributed by atoms with van der Waals surface area (Å²) in [4.78, 5) is 4.44. The number of ether oxygens (including phenoxy) is 2. The molecule has 0 N–H and O–H groups in total. The van der Waals surface area contributed by atoms with E-state index < -0.39 is 23.3 Å². The van der Waals surface area contributed by atoms with Crippen LogP contribution in [0.1, 0.15) is 60.8 Å². The first-order chi connectivity index (χ1) is 28.2. The van der Waals surface area contributed by atoms with Gasteiger partial charge in [0.05, 0.1) is 12.2 Å². The molecule has 0 amide bonds. The van der Waals surface area contributed by atoms with Crippen LogP contribution in [0.2, 0.25) is 0 Å². The third-order valence-corrected chi connectivity index (χ3v) is 10.1. The summed E-state index contributed by atoms with van der Waals surface area (Å²) in [5.41, 5.74) is 5.58. The largest absolute Gasteiger partial charge is 4.00 e. The molecule has 0 aromatic heterocycles. The number of rotatable bonds is 12. The molecule has 4 aliphatic rings. The van der Waals surface area contributed by atoms with Crippen molar-refractivity contribution in [3.05, 3.63) is 179 Å². The minimum absolute atomic E-state index is 0. The Balaban J connectivity index is 0.000000207. The van der Waals surface area contributed by atoms with Gasteiger partial charge in [-0.15, -0.1) is 48.2 Å². The first kappa shape index (κ1) is 47.5. The Morgan fingerprint density at radius 3 is 1.27 bits per heavy atom. The topological polar surface area (TPSA) is 24.9 Å². The van der Waals surface area contributed by atoms with Crippen LogP contribution in [0.15, 0.2) is 109 Å². The average molecular weight is 839 g/mol. The predicted octanol–water partition coefficient (Wildman–Crippen LogP) is 11.2. The maximum atomic E-state index is 13.8. The quantitative estimate of drug-likeness (QED) is 0.0806. The van der Waals surface area contributed by atoms with E-state index in [-0.39, 0.29) is 33.9 Å². The van der Waals surface area contributed by atoms with E-state index in [1.807, 2.05) is 24.3 Å².